The lowest BCUT2D eigenvalue weighted by molar-refractivity contribution is -0.140. The van der Waals surface area contributed by atoms with E-state index >= 15 is 0 Å². The van der Waals surface area contributed by atoms with Gasteiger partial charge in [0, 0.05) is 6.54 Å². The van der Waals surface area contributed by atoms with Crippen molar-refractivity contribution in [1.82, 2.24) is 5.32 Å². The lowest BCUT2D eigenvalue weighted by Gasteiger charge is -2.25. The molecule has 80 valence electrons. The number of carbonyl (C=O) groups is 2. The second-order valence-electron chi connectivity index (χ2n) is 3.75. The summed E-state index contributed by atoms with van der Waals surface area (Å²) in [6, 6.07) is -1.09. The number of amides is 1. The number of carboxylic acids is 1. The molecule has 0 heterocycles. The first-order chi connectivity index (χ1) is 6.59. The van der Waals surface area contributed by atoms with Crippen molar-refractivity contribution in [2.45, 2.75) is 31.7 Å². The largest absolute Gasteiger partial charge is 0.480 e. The zero-order valence-electron chi connectivity index (χ0n) is 8.03. The van der Waals surface area contributed by atoms with E-state index < -0.39 is 12.0 Å². The van der Waals surface area contributed by atoms with Gasteiger partial charge in [0.15, 0.2) is 0 Å². The molecule has 1 rings (SSSR count). The van der Waals surface area contributed by atoms with E-state index in [1.54, 1.807) is 0 Å². The minimum absolute atomic E-state index is 0.137. The zero-order chi connectivity index (χ0) is 10.6. The smallest absolute Gasteiger partial charge is 0.321 e. The molecule has 1 aliphatic carbocycles. The molecular formula is C9H16N2O3. The lowest BCUT2D eigenvalue weighted by Crippen LogP contribution is -2.39. The first-order valence-corrected chi connectivity index (χ1v) is 4.84. The summed E-state index contributed by atoms with van der Waals surface area (Å²) in [5.41, 5.74) is 5.21. The third-order valence-corrected chi connectivity index (χ3v) is 2.54. The van der Waals surface area contributed by atoms with Gasteiger partial charge in [0.25, 0.3) is 0 Å². The van der Waals surface area contributed by atoms with E-state index in [2.05, 4.69) is 5.32 Å². The normalized spacial score (nSPS) is 18.4. The van der Waals surface area contributed by atoms with Gasteiger partial charge in [-0.05, 0) is 18.8 Å². The molecule has 0 aliphatic heterocycles. The number of nitrogens with two attached hydrogens (primary N) is 1. The van der Waals surface area contributed by atoms with Crippen LogP contribution in [-0.2, 0) is 9.59 Å². The Labute approximate surface area is 82.7 Å². The van der Waals surface area contributed by atoms with Crippen LogP contribution in [0, 0.1) is 5.92 Å². The fraction of sp³-hybridized carbons (Fsp3) is 0.778. The molecule has 0 aromatic heterocycles. The Morgan fingerprint density at radius 2 is 2.14 bits per heavy atom. The molecule has 1 amide bonds. The van der Waals surface area contributed by atoms with Gasteiger partial charge < -0.3 is 16.2 Å². The van der Waals surface area contributed by atoms with E-state index in [1.807, 2.05) is 0 Å². The van der Waals surface area contributed by atoms with Crippen molar-refractivity contribution in [2.24, 2.45) is 11.7 Å². The number of hydrogen-bond acceptors (Lipinski definition) is 3. The fourth-order valence-corrected chi connectivity index (χ4v) is 1.31. The number of nitrogens with one attached hydrogen (secondary N) is 1. The maximum atomic E-state index is 11.1. The van der Waals surface area contributed by atoms with E-state index in [0.29, 0.717) is 12.5 Å². The van der Waals surface area contributed by atoms with Crippen LogP contribution < -0.4 is 11.1 Å². The van der Waals surface area contributed by atoms with Crippen LogP contribution in [0.1, 0.15) is 25.7 Å². The van der Waals surface area contributed by atoms with Crippen LogP contribution in [0.25, 0.3) is 0 Å². The minimum Gasteiger partial charge on any atom is -0.480 e. The summed E-state index contributed by atoms with van der Waals surface area (Å²) in [6.07, 6.45) is 3.41. The zero-order valence-corrected chi connectivity index (χ0v) is 8.03. The predicted octanol–water partition coefficient (Wildman–Crippen LogP) is -0.295. The Kier molecular flexibility index (Phi) is 3.88. The van der Waals surface area contributed by atoms with Crippen LogP contribution in [0.4, 0.5) is 0 Å². The summed E-state index contributed by atoms with van der Waals surface area (Å²) in [6.45, 7) is 0.658. The van der Waals surface area contributed by atoms with Gasteiger partial charge in [-0.2, -0.15) is 0 Å². The Morgan fingerprint density at radius 1 is 1.50 bits per heavy atom. The topological polar surface area (TPSA) is 92.4 Å². The van der Waals surface area contributed by atoms with Gasteiger partial charge in [0.1, 0.15) is 6.04 Å². The van der Waals surface area contributed by atoms with Crippen LogP contribution >= 0.6 is 0 Å². The molecule has 0 unspecified atom stereocenters. The van der Waals surface area contributed by atoms with Crippen LogP contribution in [0.3, 0.4) is 0 Å². The summed E-state index contributed by atoms with van der Waals surface area (Å²) in [5.74, 6) is -0.824. The fourth-order valence-electron chi connectivity index (χ4n) is 1.31. The molecular weight excluding hydrogens is 184 g/mol. The first kappa shape index (κ1) is 11.0. The van der Waals surface area contributed by atoms with E-state index in [0.717, 1.165) is 12.8 Å². The summed E-state index contributed by atoms with van der Waals surface area (Å²) in [5, 5.41) is 11.1. The number of carboxylic acid groups (broad SMARTS) is 1. The highest BCUT2D eigenvalue weighted by molar-refractivity contribution is 5.84. The van der Waals surface area contributed by atoms with Crippen LogP contribution in [0.5, 0.6) is 0 Å². The molecule has 1 aliphatic rings. The van der Waals surface area contributed by atoms with Gasteiger partial charge in [-0.15, -0.1) is 0 Å². The number of hydrogen-bond donors (Lipinski definition) is 3. The maximum Gasteiger partial charge on any atom is 0.321 e. The van der Waals surface area contributed by atoms with Crippen molar-refractivity contribution in [1.29, 1.82) is 0 Å². The van der Waals surface area contributed by atoms with Crippen molar-refractivity contribution in [3.05, 3.63) is 0 Å². The summed E-state index contributed by atoms with van der Waals surface area (Å²) in [4.78, 5) is 21.5. The quantitative estimate of drug-likeness (QED) is 0.568. The third-order valence-electron chi connectivity index (χ3n) is 2.54. The third kappa shape index (κ3) is 3.33. The Balaban J connectivity index is 2.11. The summed E-state index contributed by atoms with van der Waals surface area (Å²) >= 11 is 0. The van der Waals surface area contributed by atoms with Crippen molar-refractivity contribution in [2.75, 3.05) is 6.54 Å². The predicted molar refractivity (Wildman–Crippen MR) is 50.6 cm³/mol. The van der Waals surface area contributed by atoms with E-state index in [1.165, 1.54) is 6.42 Å². The summed E-state index contributed by atoms with van der Waals surface area (Å²) in [7, 11) is 0. The van der Waals surface area contributed by atoms with Crippen LogP contribution in [-0.4, -0.2) is 29.6 Å². The highest BCUT2D eigenvalue weighted by atomic mass is 16.4. The molecule has 0 aromatic rings. The van der Waals surface area contributed by atoms with E-state index in [9.17, 15) is 9.59 Å². The molecule has 1 atom stereocenters. The molecule has 0 aromatic carbocycles. The van der Waals surface area contributed by atoms with Gasteiger partial charge in [-0.25, -0.2) is 0 Å². The number of carbonyl (C=O) groups excluding carboxylic acids is 1. The molecule has 1 saturated carbocycles. The van der Waals surface area contributed by atoms with E-state index in [4.69, 9.17) is 10.8 Å². The van der Waals surface area contributed by atoms with Crippen LogP contribution in [0.15, 0.2) is 0 Å². The molecule has 5 heteroatoms. The second kappa shape index (κ2) is 4.95. The van der Waals surface area contributed by atoms with Gasteiger partial charge in [0.2, 0.25) is 5.91 Å². The van der Waals surface area contributed by atoms with Crippen LogP contribution in [0.2, 0.25) is 0 Å². The molecule has 5 nitrogen and oxygen atoms in total. The molecule has 1 fully saturated rings. The second-order valence-corrected chi connectivity index (χ2v) is 3.75. The van der Waals surface area contributed by atoms with E-state index in [-0.39, 0.29) is 12.3 Å². The summed E-state index contributed by atoms with van der Waals surface area (Å²) < 4.78 is 0. The Bertz CT molecular complexity index is 226. The highest BCUT2D eigenvalue weighted by Gasteiger charge is 2.20. The van der Waals surface area contributed by atoms with Crippen molar-refractivity contribution in [3.8, 4) is 0 Å². The SMILES string of the molecule is N[C@@H](CC(=O)NCC1CCC1)C(=O)O. The average molecular weight is 200 g/mol. The first-order valence-electron chi connectivity index (χ1n) is 4.84. The number of aliphatic carboxylic acids is 1. The minimum atomic E-state index is -1.14. The van der Waals surface area contributed by atoms with Crippen molar-refractivity contribution < 1.29 is 14.7 Å². The molecule has 14 heavy (non-hydrogen) atoms. The Morgan fingerprint density at radius 3 is 2.57 bits per heavy atom. The van der Waals surface area contributed by atoms with Gasteiger partial charge >= 0.3 is 5.97 Å². The van der Waals surface area contributed by atoms with Gasteiger partial charge in [-0.1, -0.05) is 6.42 Å². The van der Waals surface area contributed by atoms with Crippen molar-refractivity contribution >= 4 is 11.9 Å². The molecule has 0 radical (unpaired) electrons. The van der Waals surface area contributed by atoms with Gasteiger partial charge in [-0.3, -0.25) is 9.59 Å². The molecule has 0 spiro atoms. The van der Waals surface area contributed by atoms with Gasteiger partial charge in [0.05, 0.1) is 6.42 Å². The highest BCUT2D eigenvalue weighted by Crippen LogP contribution is 2.25. The Hall–Kier alpha value is -1.10. The number of rotatable bonds is 5. The monoisotopic (exact) mass is 200 g/mol. The van der Waals surface area contributed by atoms with Crippen molar-refractivity contribution in [3.63, 3.8) is 0 Å². The molecule has 0 saturated heterocycles. The lowest BCUT2D eigenvalue weighted by atomic mass is 9.85. The molecule has 0 bridgehead atoms. The molecule has 4 N–H and O–H groups in total. The average Bonchev–Trinajstić information content (AvgIpc) is 2.00. The maximum absolute atomic E-state index is 11.1. The standard InChI is InChI=1S/C9H16N2O3/c10-7(9(13)14)4-8(12)11-5-6-2-1-3-6/h6-7H,1-5,10H2,(H,11,12)(H,13,14)/t7-/m0/s1.